The molecule has 5 heteroatoms. The minimum Gasteiger partial charge on any atom is -0.309 e. The minimum atomic E-state index is 0.364. The number of aryl methyl sites for hydroxylation is 1. The second-order valence-corrected chi connectivity index (χ2v) is 4.95. The molecule has 0 saturated carbocycles. The maximum absolute atomic E-state index is 5.95. The van der Waals surface area contributed by atoms with E-state index in [1.165, 1.54) is 12.8 Å². The maximum atomic E-state index is 5.95. The molecule has 0 bridgehead atoms. The lowest BCUT2D eigenvalue weighted by atomic mass is 10.0. The van der Waals surface area contributed by atoms with Gasteiger partial charge in [-0.3, -0.25) is 0 Å². The fraction of sp³-hybridized carbons (Fsp3) is 0.500. The first-order valence-corrected chi connectivity index (χ1v) is 6.38. The topological polar surface area (TPSA) is 42.2 Å². The van der Waals surface area contributed by atoms with Gasteiger partial charge in [0, 0.05) is 11.8 Å². The largest absolute Gasteiger partial charge is 0.309 e. The predicted molar refractivity (Wildman–Crippen MR) is 67.3 cm³/mol. The van der Waals surface area contributed by atoms with Gasteiger partial charge in [-0.15, -0.1) is 0 Å². The molecule has 0 amide bonds. The Kier molecular flexibility index (Phi) is 2.76. The highest BCUT2D eigenvalue weighted by Gasteiger charge is 2.18. The van der Waals surface area contributed by atoms with Crippen LogP contribution in [0.25, 0.3) is 5.65 Å². The Hall–Kier alpha value is -1.13. The average molecular weight is 251 g/mol. The molecule has 1 atom stereocenters. The van der Waals surface area contributed by atoms with Crippen molar-refractivity contribution in [2.75, 3.05) is 6.54 Å². The van der Waals surface area contributed by atoms with Crippen molar-refractivity contribution in [2.45, 2.75) is 32.2 Å². The Morgan fingerprint density at radius 2 is 2.29 bits per heavy atom. The van der Waals surface area contributed by atoms with E-state index in [1.54, 1.807) is 0 Å². The highest BCUT2D eigenvalue weighted by atomic mass is 35.5. The fourth-order valence-electron chi connectivity index (χ4n) is 2.38. The molecule has 17 heavy (non-hydrogen) atoms. The Morgan fingerprint density at radius 3 is 3.06 bits per heavy atom. The molecule has 3 heterocycles. The smallest absolute Gasteiger partial charge is 0.157 e. The minimum absolute atomic E-state index is 0.364. The zero-order valence-corrected chi connectivity index (χ0v) is 10.5. The van der Waals surface area contributed by atoms with Crippen LogP contribution in [0.4, 0.5) is 0 Å². The van der Waals surface area contributed by atoms with Crippen LogP contribution in [0.1, 0.15) is 36.7 Å². The number of nitrogens with zero attached hydrogens (tertiary/aromatic N) is 3. The van der Waals surface area contributed by atoms with Crippen molar-refractivity contribution >= 4 is 17.2 Å². The van der Waals surface area contributed by atoms with Gasteiger partial charge in [0.2, 0.25) is 0 Å². The van der Waals surface area contributed by atoms with Gasteiger partial charge in [-0.05, 0) is 32.4 Å². The average Bonchev–Trinajstić information content (AvgIpc) is 2.74. The molecule has 0 radical (unpaired) electrons. The number of rotatable bonds is 1. The summed E-state index contributed by atoms with van der Waals surface area (Å²) in [6, 6.07) is 4.23. The number of hydrogen-bond acceptors (Lipinski definition) is 3. The lowest BCUT2D eigenvalue weighted by Gasteiger charge is -2.21. The van der Waals surface area contributed by atoms with Crippen LogP contribution in [0.5, 0.6) is 0 Å². The molecule has 90 valence electrons. The van der Waals surface area contributed by atoms with Gasteiger partial charge in [0.15, 0.2) is 5.65 Å². The second-order valence-electron chi connectivity index (χ2n) is 4.56. The summed E-state index contributed by atoms with van der Waals surface area (Å²) in [5, 5.41) is 8.63. The lowest BCUT2D eigenvalue weighted by Crippen LogP contribution is -2.27. The van der Waals surface area contributed by atoms with E-state index < -0.39 is 0 Å². The van der Waals surface area contributed by atoms with Crippen molar-refractivity contribution < 1.29 is 0 Å². The third kappa shape index (κ3) is 2.03. The van der Waals surface area contributed by atoms with Gasteiger partial charge in [0.25, 0.3) is 0 Å². The highest BCUT2D eigenvalue weighted by Crippen LogP contribution is 2.23. The van der Waals surface area contributed by atoms with Crippen LogP contribution in [-0.2, 0) is 0 Å². The van der Waals surface area contributed by atoms with E-state index in [9.17, 15) is 0 Å². The number of fused-ring (bicyclic) bond motifs is 1. The molecule has 4 nitrogen and oxygen atoms in total. The van der Waals surface area contributed by atoms with Crippen LogP contribution in [0, 0.1) is 6.92 Å². The molecule has 0 aliphatic carbocycles. The SMILES string of the molecule is Cc1cc(Cl)nc2cc(C3CCCCN3)nn12. The van der Waals surface area contributed by atoms with Crippen LogP contribution in [0.2, 0.25) is 5.15 Å². The fourth-order valence-corrected chi connectivity index (χ4v) is 2.62. The van der Waals surface area contributed by atoms with Crippen LogP contribution in [0.15, 0.2) is 12.1 Å². The van der Waals surface area contributed by atoms with E-state index in [-0.39, 0.29) is 0 Å². The lowest BCUT2D eigenvalue weighted by molar-refractivity contribution is 0.404. The van der Waals surface area contributed by atoms with E-state index in [4.69, 9.17) is 11.6 Å². The predicted octanol–water partition coefficient (Wildman–Crippen LogP) is 2.51. The summed E-state index contributed by atoms with van der Waals surface area (Å²) >= 11 is 5.95. The van der Waals surface area contributed by atoms with Crippen LogP contribution < -0.4 is 5.32 Å². The van der Waals surface area contributed by atoms with Crippen molar-refractivity contribution in [3.63, 3.8) is 0 Å². The summed E-state index contributed by atoms with van der Waals surface area (Å²) in [6.07, 6.45) is 3.67. The summed E-state index contributed by atoms with van der Waals surface area (Å²) in [4.78, 5) is 4.29. The van der Waals surface area contributed by atoms with E-state index in [1.807, 2.05) is 23.6 Å². The Morgan fingerprint density at radius 1 is 1.41 bits per heavy atom. The van der Waals surface area contributed by atoms with Gasteiger partial charge in [-0.2, -0.15) is 5.10 Å². The van der Waals surface area contributed by atoms with Crippen LogP contribution >= 0.6 is 11.6 Å². The Labute approximate surface area is 105 Å². The van der Waals surface area contributed by atoms with Gasteiger partial charge in [-0.25, -0.2) is 9.50 Å². The zero-order chi connectivity index (χ0) is 11.8. The monoisotopic (exact) mass is 250 g/mol. The normalized spacial score (nSPS) is 20.9. The molecular formula is C12H15ClN4. The number of piperidine rings is 1. The first kappa shape index (κ1) is 11.0. The van der Waals surface area contributed by atoms with Crippen LogP contribution in [0.3, 0.4) is 0 Å². The maximum Gasteiger partial charge on any atom is 0.157 e. The van der Waals surface area contributed by atoms with Gasteiger partial charge in [0.05, 0.1) is 11.7 Å². The number of aromatic nitrogens is 3. The molecule has 1 unspecified atom stereocenters. The van der Waals surface area contributed by atoms with Crippen molar-refractivity contribution in [3.8, 4) is 0 Å². The molecule has 1 fully saturated rings. The first-order chi connectivity index (χ1) is 8.24. The molecule has 1 aliphatic rings. The summed E-state index contributed by atoms with van der Waals surface area (Å²) in [5.41, 5.74) is 2.92. The molecule has 0 spiro atoms. The molecule has 2 aromatic heterocycles. The third-order valence-electron chi connectivity index (χ3n) is 3.26. The van der Waals surface area contributed by atoms with E-state index in [0.717, 1.165) is 30.0 Å². The Bertz CT molecular complexity index is 543. The molecular weight excluding hydrogens is 236 g/mol. The van der Waals surface area contributed by atoms with Crippen molar-refractivity contribution in [1.82, 2.24) is 19.9 Å². The van der Waals surface area contributed by atoms with Crippen LogP contribution in [-0.4, -0.2) is 21.1 Å². The molecule has 2 aromatic rings. The first-order valence-electron chi connectivity index (χ1n) is 6.00. The molecule has 0 aromatic carbocycles. The number of halogens is 1. The number of hydrogen-bond donors (Lipinski definition) is 1. The summed E-state index contributed by atoms with van der Waals surface area (Å²) < 4.78 is 1.86. The van der Waals surface area contributed by atoms with E-state index in [0.29, 0.717) is 11.2 Å². The van der Waals surface area contributed by atoms with Gasteiger partial charge < -0.3 is 5.32 Å². The van der Waals surface area contributed by atoms with Gasteiger partial charge in [-0.1, -0.05) is 18.0 Å². The van der Waals surface area contributed by atoms with Gasteiger partial charge >= 0.3 is 0 Å². The number of nitrogens with one attached hydrogen (secondary N) is 1. The van der Waals surface area contributed by atoms with Crippen molar-refractivity contribution in [3.05, 3.63) is 28.7 Å². The standard InChI is InChI=1S/C12H15ClN4/c1-8-6-11(13)15-12-7-10(16-17(8)12)9-4-2-3-5-14-9/h6-7,9,14H,2-5H2,1H3. The quantitative estimate of drug-likeness (QED) is 0.791. The molecule has 1 saturated heterocycles. The van der Waals surface area contributed by atoms with Crippen molar-refractivity contribution in [2.24, 2.45) is 0 Å². The second kappa shape index (κ2) is 4.27. The van der Waals surface area contributed by atoms with E-state index in [2.05, 4.69) is 15.4 Å². The molecule has 1 aliphatic heterocycles. The molecule has 1 N–H and O–H groups in total. The highest BCUT2D eigenvalue weighted by molar-refractivity contribution is 6.29. The van der Waals surface area contributed by atoms with Crippen molar-refractivity contribution in [1.29, 1.82) is 0 Å². The summed E-state index contributed by atoms with van der Waals surface area (Å²) in [7, 11) is 0. The Balaban J connectivity index is 2.03. The third-order valence-corrected chi connectivity index (χ3v) is 3.45. The zero-order valence-electron chi connectivity index (χ0n) is 9.78. The van der Waals surface area contributed by atoms with E-state index >= 15 is 0 Å². The molecule has 3 rings (SSSR count). The van der Waals surface area contributed by atoms with Gasteiger partial charge in [0.1, 0.15) is 5.15 Å². The summed E-state index contributed by atoms with van der Waals surface area (Å²) in [5.74, 6) is 0. The summed E-state index contributed by atoms with van der Waals surface area (Å²) in [6.45, 7) is 3.07.